The number of aryl methyl sites for hydroxylation is 6. The van der Waals surface area contributed by atoms with Crippen molar-refractivity contribution in [2.45, 2.75) is 63.5 Å². The number of aliphatic hydroxyl groups is 1. The van der Waals surface area contributed by atoms with Gasteiger partial charge < -0.3 is 5.11 Å². The molecule has 0 aromatic heterocycles. The minimum Gasteiger partial charge on any atom is -0.390 e. The van der Waals surface area contributed by atoms with Gasteiger partial charge in [0.15, 0.2) is 9.84 Å². The fourth-order valence-corrected chi connectivity index (χ4v) is 9.65. The molecule has 2 aromatic rings. The van der Waals surface area contributed by atoms with Gasteiger partial charge in [-0.1, -0.05) is 12.1 Å². The van der Waals surface area contributed by atoms with E-state index in [1.807, 2.05) is 13.8 Å². The summed E-state index contributed by atoms with van der Waals surface area (Å²) in [7, 11) is -11.9. The number of hydrogen-bond donors (Lipinski definition) is 2. The van der Waals surface area contributed by atoms with Gasteiger partial charge in [0, 0.05) is 13.1 Å². The third-order valence-corrected chi connectivity index (χ3v) is 12.1. The molecule has 1 heterocycles. The molecule has 0 saturated carbocycles. The summed E-state index contributed by atoms with van der Waals surface area (Å²) in [5.74, 6) is -1.09. The van der Waals surface area contributed by atoms with Crippen LogP contribution in [0, 0.1) is 41.5 Å². The fraction of sp³-hybridized carbons (Fsp3) is 0.500. The van der Waals surface area contributed by atoms with Crippen LogP contribution < -0.4 is 4.72 Å². The predicted octanol–water partition coefficient (Wildman–Crippen LogP) is 1.66. The number of rotatable bonds is 8. The van der Waals surface area contributed by atoms with E-state index in [4.69, 9.17) is 0 Å². The Morgan fingerprint density at radius 3 is 1.78 bits per heavy atom. The second-order valence-corrected chi connectivity index (χ2v) is 15.4. The number of sulfone groups is 1. The first-order valence-electron chi connectivity index (χ1n) is 11.5. The lowest BCUT2D eigenvalue weighted by Crippen LogP contribution is -2.49. The zero-order chi connectivity index (χ0) is 27.2. The summed E-state index contributed by atoms with van der Waals surface area (Å²) in [6, 6.07) is 5.35. The molecule has 2 N–H and O–H groups in total. The van der Waals surface area contributed by atoms with E-state index >= 15 is 0 Å². The number of nitrogens with one attached hydrogen (secondary N) is 1. The first-order valence-corrected chi connectivity index (χ1v) is 16.3. The van der Waals surface area contributed by atoms with Crippen molar-refractivity contribution >= 4 is 29.9 Å². The Bertz CT molecular complexity index is 1500. The highest BCUT2D eigenvalue weighted by atomic mass is 32.2. The Morgan fingerprint density at radius 2 is 1.28 bits per heavy atom. The Morgan fingerprint density at radius 1 is 0.806 bits per heavy atom. The molecule has 0 bridgehead atoms. The largest absolute Gasteiger partial charge is 0.390 e. The van der Waals surface area contributed by atoms with Gasteiger partial charge in [0.05, 0.1) is 33.4 Å². The van der Waals surface area contributed by atoms with E-state index in [0.29, 0.717) is 11.1 Å². The topological polar surface area (TPSA) is 138 Å². The third kappa shape index (κ3) is 5.84. The average Bonchev–Trinajstić information content (AvgIpc) is 3.02. The van der Waals surface area contributed by atoms with Crippen molar-refractivity contribution in [1.29, 1.82) is 0 Å². The number of sulfonamides is 2. The predicted molar refractivity (Wildman–Crippen MR) is 139 cm³/mol. The van der Waals surface area contributed by atoms with Crippen LogP contribution in [-0.2, 0) is 29.9 Å². The Balaban J connectivity index is 1.96. The quantitative estimate of drug-likeness (QED) is 0.503. The minimum absolute atomic E-state index is 0.00467. The summed E-state index contributed by atoms with van der Waals surface area (Å²) in [4.78, 5) is 0.0865. The Labute approximate surface area is 214 Å². The molecule has 0 aliphatic carbocycles. The van der Waals surface area contributed by atoms with Gasteiger partial charge in [0.1, 0.15) is 0 Å². The molecule has 1 saturated heterocycles. The lowest BCUT2D eigenvalue weighted by atomic mass is 10.1. The smallest absolute Gasteiger partial charge is 0.243 e. The van der Waals surface area contributed by atoms with Crippen LogP contribution in [0.2, 0.25) is 0 Å². The molecule has 0 amide bonds. The summed E-state index contributed by atoms with van der Waals surface area (Å²) < 4.78 is 81.4. The molecule has 3 rings (SSSR count). The average molecular weight is 559 g/mol. The van der Waals surface area contributed by atoms with Crippen molar-refractivity contribution in [3.05, 3.63) is 57.6 Å². The Hall–Kier alpha value is -1.83. The van der Waals surface area contributed by atoms with Crippen LogP contribution in [0.25, 0.3) is 0 Å². The van der Waals surface area contributed by atoms with Crippen LogP contribution in [0.1, 0.15) is 33.4 Å². The van der Waals surface area contributed by atoms with Crippen LogP contribution in [0.15, 0.2) is 34.1 Å². The third-order valence-electron chi connectivity index (χ3n) is 6.75. The van der Waals surface area contributed by atoms with Gasteiger partial charge in [-0.3, -0.25) is 0 Å². The SMILES string of the molecule is Cc1cc(C)c(S(=O)(=O)NCCN([C@H]2CS(=O)(=O)C[C@@H]2O)S(=O)(=O)c2cc(C)c(C)cc2C)cc1C. The second-order valence-electron chi connectivity index (χ2n) is 9.63. The number of benzene rings is 2. The lowest BCUT2D eigenvalue weighted by molar-refractivity contribution is 0.128. The molecule has 1 aliphatic heterocycles. The lowest BCUT2D eigenvalue weighted by Gasteiger charge is -2.30. The first-order chi connectivity index (χ1) is 16.5. The molecule has 12 heteroatoms. The van der Waals surface area contributed by atoms with Gasteiger partial charge in [-0.15, -0.1) is 0 Å². The summed E-state index contributed by atoms with van der Waals surface area (Å²) in [5.41, 5.74) is 4.42. The monoisotopic (exact) mass is 558 g/mol. The molecule has 0 spiro atoms. The highest BCUT2D eigenvalue weighted by Gasteiger charge is 2.45. The molecule has 2 atom stereocenters. The van der Waals surface area contributed by atoms with Crippen molar-refractivity contribution in [1.82, 2.24) is 9.03 Å². The van der Waals surface area contributed by atoms with Crippen LogP contribution >= 0.6 is 0 Å². The van der Waals surface area contributed by atoms with Gasteiger partial charge in [-0.25, -0.2) is 30.0 Å². The fourth-order valence-electron chi connectivity index (χ4n) is 4.48. The van der Waals surface area contributed by atoms with Crippen molar-refractivity contribution in [3.8, 4) is 0 Å². The highest BCUT2D eigenvalue weighted by Crippen LogP contribution is 2.29. The van der Waals surface area contributed by atoms with E-state index in [2.05, 4.69) is 4.72 Å². The van der Waals surface area contributed by atoms with Gasteiger partial charge in [-0.2, -0.15) is 4.31 Å². The molecular weight excluding hydrogens is 524 g/mol. The first kappa shape index (κ1) is 28.7. The summed E-state index contributed by atoms with van der Waals surface area (Å²) in [5, 5.41) is 10.5. The molecule has 36 heavy (non-hydrogen) atoms. The zero-order valence-corrected chi connectivity index (χ0v) is 23.8. The van der Waals surface area contributed by atoms with Crippen molar-refractivity contribution in [2.75, 3.05) is 24.6 Å². The second kappa shape index (κ2) is 10.1. The maximum atomic E-state index is 13.8. The molecule has 9 nitrogen and oxygen atoms in total. The van der Waals surface area contributed by atoms with Crippen LogP contribution in [0.5, 0.6) is 0 Å². The van der Waals surface area contributed by atoms with E-state index < -0.39 is 53.5 Å². The molecule has 2 aromatic carbocycles. The summed E-state index contributed by atoms with van der Waals surface area (Å²) >= 11 is 0. The summed E-state index contributed by atoms with van der Waals surface area (Å²) in [6.07, 6.45) is -1.42. The number of hydrogen-bond acceptors (Lipinski definition) is 7. The van der Waals surface area contributed by atoms with Crippen molar-refractivity contribution in [3.63, 3.8) is 0 Å². The maximum Gasteiger partial charge on any atom is 0.243 e. The molecule has 0 radical (unpaired) electrons. The normalized spacial score (nSPS) is 20.2. The van der Waals surface area contributed by atoms with Crippen molar-refractivity contribution in [2.24, 2.45) is 0 Å². The highest BCUT2D eigenvalue weighted by molar-refractivity contribution is 7.92. The number of nitrogens with zero attached hydrogens (tertiary/aromatic N) is 1. The molecule has 0 unspecified atom stereocenters. The van der Waals surface area contributed by atoms with E-state index in [1.54, 1.807) is 45.9 Å². The van der Waals surface area contributed by atoms with Gasteiger partial charge in [-0.05, 0) is 87.1 Å². The minimum atomic E-state index is -4.27. The van der Waals surface area contributed by atoms with Gasteiger partial charge in [0.25, 0.3) is 0 Å². The van der Waals surface area contributed by atoms with Crippen LogP contribution in [0.4, 0.5) is 0 Å². The van der Waals surface area contributed by atoms with Crippen LogP contribution in [0.3, 0.4) is 0 Å². The maximum absolute atomic E-state index is 13.8. The van der Waals surface area contributed by atoms with Crippen LogP contribution in [-0.4, -0.2) is 71.4 Å². The molecule has 1 aliphatic rings. The van der Waals surface area contributed by atoms with Gasteiger partial charge >= 0.3 is 0 Å². The van der Waals surface area contributed by atoms with Gasteiger partial charge in [0.2, 0.25) is 20.0 Å². The molecule has 200 valence electrons. The molecular formula is C24H34N2O7S3. The number of aliphatic hydroxyl groups excluding tert-OH is 1. The van der Waals surface area contributed by atoms with E-state index in [1.165, 1.54) is 6.07 Å². The van der Waals surface area contributed by atoms with E-state index in [0.717, 1.165) is 26.6 Å². The summed E-state index contributed by atoms with van der Waals surface area (Å²) in [6.45, 7) is 9.97. The Kier molecular flexibility index (Phi) is 8.10. The van der Waals surface area contributed by atoms with E-state index in [-0.39, 0.29) is 22.9 Å². The zero-order valence-electron chi connectivity index (χ0n) is 21.4. The van der Waals surface area contributed by atoms with Crippen molar-refractivity contribution < 1.29 is 30.4 Å². The standard InChI is InChI=1S/C24H34N2O7S3/c1-15-9-19(5)23(11-17(15)3)35(30,31)25-7-8-26(21-13-34(28,29)14-22(21)27)36(32,33)24-12-18(4)16(2)10-20(24)6/h9-12,21-22,25,27H,7-8,13-14H2,1-6H3/t21-,22-/m0/s1. The molecule has 1 fully saturated rings. The van der Waals surface area contributed by atoms with E-state index in [9.17, 15) is 30.4 Å².